The molecule has 2 atom stereocenters. The molecule has 226 valence electrons. The molecule has 3 fully saturated rings. The number of rotatable bonds is 6. The van der Waals surface area contributed by atoms with E-state index in [1.165, 1.54) is 11.0 Å². The molecule has 2 aromatic carbocycles. The van der Waals surface area contributed by atoms with E-state index in [1.54, 1.807) is 16.9 Å². The van der Waals surface area contributed by atoms with Crippen molar-refractivity contribution in [3.63, 3.8) is 0 Å². The van der Waals surface area contributed by atoms with Crippen molar-refractivity contribution in [1.29, 1.82) is 5.26 Å². The Morgan fingerprint density at radius 3 is 2.63 bits per heavy atom. The van der Waals surface area contributed by atoms with Gasteiger partial charge in [0, 0.05) is 62.7 Å². The molecule has 8 nitrogen and oxygen atoms in total. The maximum atomic E-state index is 14.4. The van der Waals surface area contributed by atoms with E-state index >= 15 is 0 Å². The summed E-state index contributed by atoms with van der Waals surface area (Å²) in [7, 11) is 3.79. The second kappa shape index (κ2) is 10.2. The van der Waals surface area contributed by atoms with Crippen molar-refractivity contribution in [3.05, 3.63) is 70.0 Å². The molecule has 7 rings (SSSR count). The number of benzene rings is 2. The average molecular weight is 593 g/mol. The Balaban J connectivity index is 1.18. The number of ether oxygens (including phenoxy) is 1. The van der Waals surface area contributed by atoms with Crippen LogP contribution in [0.25, 0.3) is 0 Å². The Bertz CT molecular complexity index is 1610. The molecule has 1 saturated carbocycles. The number of carbonyl (C=O) groups is 1. The van der Waals surface area contributed by atoms with Gasteiger partial charge in [-0.05, 0) is 73.1 Å². The highest BCUT2D eigenvalue weighted by Gasteiger charge is 2.47. The molecule has 2 bridgehead atoms. The molecular formula is C32H35F3N6O2. The Morgan fingerprint density at radius 2 is 1.91 bits per heavy atom. The summed E-state index contributed by atoms with van der Waals surface area (Å²) in [5, 5.41) is 14.0. The van der Waals surface area contributed by atoms with Crippen LogP contribution in [0.2, 0.25) is 0 Å². The van der Waals surface area contributed by atoms with Gasteiger partial charge in [0.15, 0.2) is 0 Å². The Hall–Kier alpha value is -3.62. The van der Waals surface area contributed by atoms with Gasteiger partial charge >= 0.3 is 6.18 Å². The van der Waals surface area contributed by atoms with E-state index < -0.39 is 17.6 Å². The van der Waals surface area contributed by atoms with Crippen molar-refractivity contribution in [2.45, 2.75) is 75.4 Å². The second-order valence-electron chi connectivity index (χ2n) is 12.8. The molecule has 0 N–H and O–H groups in total. The van der Waals surface area contributed by atoms with Crippen molar-refractivity contribution >= 4 is 11.6 Å². The molecule has 1 amide bonds. The van der Waals surface area contributed by atoms with E-state index in [0.29, 0.717) is 43.6 Å². The zero-order valence-electron chi connectivity index (χ0n) is 24.4. The van der Waals surface area contributed by atoms with Crippen LogP contribution >= 0.6 is 0 Å². The van der Waals surface area contributed by atoms with Gasteiger partial charge in [-0.3, -0.25) is 14.4 Å². The van der Waals surface area contributed by atoms with Crippen LogP contribution in [0.3, 0.4) is 0 Å². The predicted octanol–water partition coefficient (Wildman–Crippen LogP) is 5.11. The van der Waals surface area contributed by atoms with Crippen LogP contribution in [0.4, 0.5) is 18.9 Å². The molecule has 43 heavy (non-hydrogen) atoms. The number of anilines is 1. The number of amides is 1. The van der Waals surface area contributed by atoms with Crippen molar-refractivity contribution in [3.8, 4) is 6.07 Å². The highest BCUT2D eigenvalue weighted by molar-refractivity contribution is 6.10. The number of carbonyl (C=O) groups excluding carboxylic acids is 1. The normalized spacial score (nSPS) is 27.2. The average Bonchev–Trinajstić information content (AvgIpc) is 3.48. The summed E-state index contributed by atoms with van der Waals surface area (Å²) < 4.78 is 51.2. The lowest BCUT2D eigenvalue weighted by Gasteiger charge is -2.46. The Kier molecular flexibility index (Phi) is 6.71. The molecular weight excluding hydrogens is 557 g/mol. The van der Waals surface area contributed by atoms with E-state index in [2.05, 4.69) is 16.1 Å². The van der Waals surface area contributed by atoms with Gasteiger partial charge in [0.05, 0.1) is 30.4 Å². The number of aryl methyl sites for hydroxylation is 1. The van der Waals surface area contributed by atoms with Crippen LogP contribution in [-0.2, 0) is 49.9 Å². The van der Waals surface area contributed by atoms with Crippen LogP contribution in [0, 0.1) is 17.2 Å². The summed E-state index contributed by atoms with van der Waals surface area (Å²) in [5.41, 5.74) is 1.14. The molecule has 3 aliphatic heterocycles. The van der Waals surface area contributed by atoms with Gasteiger partial charge in [-0.1, -0.05) is 12.1 Å². The summed E-state index contributed by atoms with van der Waals surface area (Å²) in [6, 6.07) is 12.8. The van der Waals surface area contributed by atoms with E-state index in [0.717, 1.165) is 37.2 Å². The third kappa shape index (κ3) is 4.94. The first kappa shape index (κ1) is 28.2. The van der Waals surface area contributed by atoms with Gasteiger partial charge in [-0.2, -0.15) is 18.4 Å². The second-order valence-corrected chi connectivity index (χ2v) is 12.8. The van der Waals surface area contributed by atoms with Gasteiger partial charge in [0.25, 0.3) is 5.91 Å². The van der Waals surface area contributed by atoms with Gasteiger partial charge in [-0.25, -0.2) is 4.80 Å². The maximum absolute atomic E-state index is 14.4. The van der Waals surface area contributed by atoms with E-state index in [9.17, 15) is 23.2 Å². The fourth-order valence-corrected chi connectivity index (χ4v) is 7.60. The standard InChI is InChI=1S/C32H35F3N6O2/c1-38-29(37-39(38)2)15-31(13-21(14-31)16-36)22-4-3-5-23(12-22)41-19-27-26(30(41)42)10-20(11-28(27)32(33,34)35)17-40-9-8-24-6-7-25(18-40)43-24/h3-5,10-12,21,24-25H,6-9,13-15,17-19H2,1-2H3. The summed E-state index contributed by atoms with van der Waals surface area (Å²) in [4.78, 5) is 19.1. The number of aromatic nitrogens is 3. The molecule has 2 saturated heterocycles. The van der Waals surface area contributed by atoms with Crippen LogP contribution in [0.1, 0.15) is 70.5 Å². The molecule has 0 spiro atoms. The van der Waals surface area contributed by atoms with Crippen molar-refractivity contribution < 1.29 is 22.7 Å². The summed E-state index contributed by atoms with van der Waals surface area (Å²) in [6.45, 7) is 1.66. The van der Waals surface area contributed by atoms with Crippen molar-refractivity contribution in [2.75, 3.05) is 18.0 Å². The predicted molar refractivity (Wildman–Crippen MR) is 152 cm³/mol. The Morgan fingerprint density at radius 1 is 1.12 bits per heavy atom. The zero-order chi connectivity index (χ0) is 30.1. The lowest BCUT2D eigenvalue weighted by molar-refractivity contribution is -0.138. The first-order valence-electron chi connectivity index (χ1n) is 15.0. The zero-order valence-corrected chi connectivity index (χ0v) is 24.4. The largest absolute Gasteiger partial charge is 0.416 e. The minimum Gasteiger partial charge on any atom is -0.374 e. The number of likely N-dealkylation sites (tertiary alicyclic amines) is 1. The van der Waals surface area contributed by atoms with Crippen molar-refractivity contribution in [1.82, 2.24) is 19.5 Å². The molecule has 4 heterocycles. The minimum absolute atomic E-state index is 0.0290. The molecule has 11 heteroatoms. The number of alkyl halides is 3. The lowest BCUT2D eigenvalue weighted by atomic mass is 9.57. The number of hydrogen-bond acceptors (Lipinski definition) is 5. The van der Waals surface area contributed by atoms with Crippen LogP contribution in [0.5, 0.6) is 0 Å². The van der Waals surface area contributed by atoms with E-state index in [1.807, 2.05) is 37.0 Å². The topological polar surface area (TPSA) is 79.3 Å². The first-order chi connectivity index (χ1) is 20.5. The van der Waals surface area contributed by atoms with Crippen molar-refractivity contribution in [2.24, 2.45) is 20.0 Å². The molecule has 1 aliphatic carbocycles. The number of nitrogens with zero attached hydrogens (tertiary/aromatic N) is 6. The van der Waals surface area contributed by atoms with Gasteiger partial charge in [0.1, 0.15) is 5.82 Å². The first-order valence-corrected chi connectivity index (χ1v) is 15.0. The van der Waals surface area contributed by atoms with Crippen LogP contribution in [0.15, 0.2) is 36.4 Å². The third-order valence-electron chi connectivity index (χ3n) is 10.0. The fraction of sp³-hybridized carbons (Fsp3) is 0.531. The number of fused-ring (bicyclic) bond motifs is 3. The summed E-state index contributed by atoms with van der Waals surface area (Å²) >= 11 is 0. The molecule has 4 aliphatic rings. The highest BCUT2D eigenvalue weighted by Crippen LogP contribution is 2.50. The smallest absolute Gasteiger partial charge is 0.374 e. The highest BCUT2D eigenvalue weighted by atomic mass is 19.4. The molecule has 0 radical (unpaired) electrons. The van der Waals surface area contributed by atoms with Crippen LogP contribution < -0.4 is 4.90 Å². The summed E-state index contributed by atoms with van der Waals surface area (Å²) in [5.74, 6) is 0.434. The minimum atomic E-state index is -4.58. The summed E-state index contributed by atoms with van der Waals surface area (Å²) in [6.07, 6.45) is 0.654. The van der Waals surface area contributed by atoms with Gasteiger partial charge in [-0.15, -0.1) is 5.10 Å². The number of nitriles is 1. The lowest BCUT2D eigenvalue weighted by Crippen LogP contribution is -2.45. The van der Waals surface area contributed by atoms with E-state index in [4.69, 9.17) is 4.74 Å². The quantitative estimate of drug-likeness (QED) is 0.398. The molecule has 2 unspecified atom stereocenters. The van der Waals surface area contributed by atoms with Gasteiger partial charge < -0.3 is 9.64 Å². The number of hydrogen-bond donors (Lipinski definition) is 0. The SMILES string of the molecule is Cn1nc(CC2(c3cccc(N4Cc5c(cc(CN6CCC7CCC(C6)O7)cc5C(F)(F)F)C4=O)c3)CC(C#N)C2)n1C. The van der Waals surface area contributed by atoms with Gasteiger partial charge in [0.2, 0.25) is 0 Å². The molecule has 1 aromatic heterocycles. The maximum Gasteiger partial charge on any atom is 0.416 e. The fourth-order valence-electron chi connectivity index (χ4n) is 7.60. The Labute approximate surface area is 248 Å². The monoisotopic (exact) mass is 592 g/mol. The third-order valence-corrected chi connectivity index (χ3v) is 10.0. The van der Waals surface area contributed by atoms with E-state index in [-0.39, 0.29) is 41.2 Å². The number of halogens is 3. The van der Waals surface area contributed by atoms with Crippen LogP contribution in [-0.4, -0.2) is 50.7 Å². The molecule has 3 aromatic rings.